The van der Waals surface area contributed by atoms with Crippen molar-refractivity contribution in [3.05, 3.63) is 88.9 Å². The highest BCUT2D eigenvalue weighted by Crippen LogP contribution is 2.24. The van der Waals surface area contributed by atoms with Crippen molar-refractivity contribution in [1.82, 2.24) is 10.3 Å². The summed E-state index contributed by atoms with van der Waals surface area (Å²) in [6.07, 6.45) is 0.775. The predicted molar refractivity (Wildman–Crippen MR) is 130 cm³/mol. The number of thiocarbonyl (C=S) groups is 1. The number of nitrogens with one attached hydrogen (secondary N) is 2. The first kappa shape index (κ1) is 21.0. The maximum atomic E-state index is 12.4. The Labute approximate surface area is 190 Å². The largest absolute Gasteiger partial charge is 0.494 e. The number of aromatic nitrogens is 1. The summed E-state index contributed by atoms with van der Waals surface area (Å²) in [6.45, 7) is 2.44. The van der Waals surface area contributed by atoms with Gasteiger partial charge in [-0.05, 0) is 67.2 Å². The van der Waals surface area contributed by atoms with Crippen LogP contribution in [0, 0.1) is 0 Å². The van der Waals surface area contributed by atoms with E-state index in [0.717, 1.165) is 28.2 Å². The van der Waals surface area contributed by atoms with E-state index in [2.05, 4.69) is 21.7 Å². The van der Waals surface area contributed by atoms with Gasteiger partial charge in [-0.15, -0.1) is 11.3 Å². The van der Waals surface area contributed by atoms with Gasteiger partial charge in [0.1, 0.15) is 5.75 Å². The van der Waals surface area contributed by atoms with Crippen LogP contribution in [0.5, 0.6) is 5.75 Å². The second-order valence-corrected chi connectivity index (χ2v) is 8.34. The van der Waals surface area contributed by atoms with E-state index in [1.54, 1.807) is 29.5 Å². The molecule has 2 N–H and O–H groups in total. The number of benzene rings is 3. The summed E-state index contributed by atoms with van der Waals surface area (Å²) in [5.74, 6) is 0.365. The van der Waals surface area contributed by atoms with Gasteiger partial charge < -0.3 is 10.1 Å². The molecule has 0 aliphatic carbocycles. The van der Waals surface area contributed by atoms with Gasteiger partial charge >= 0.3 is 0 Å². The van der Waals surface area contributed by atoms with Gasteiger partial charge in [-0.2, -0.15) is 0 Å². The molecule has 3 aromatic carbocycles. The number of amides is 1. The van der Waals surface area contributed by atoms with Crippen molar-refractivity contribution < 1.29 is 9.53 Å². The second-order valence-electron chi connectivity index (χ2n) is 6.82. The molecule has 0 spiro atoms. The van der Waals surface area contributed by atoms with Crippen molar-refractivity contribution in [3.63, 3.8) is 0 Å². The van der Waals surface area contributed by atoms with E-state index in [-0.39, 0.29) is 11.0 Å². The molecule has 7 heteroatoms. The van der Waals surface area contributed by atoms with Gasteiger partial charge in [0.05, 0.1) is 21.8 Å². The number of nitrogens with zero attached hydrogens (tertiary/aromatic N) is 1. The summed E-state index contributed by atoms with van der Waals surface area (Å²) in [7, 11) is 0. The summed E-state index contributed by atoms with van der Waals surface area (Å²) in [4.78, 5) is 17.1. The van der Waals surface area contributed by atoms with Crippen LogP contribution in [0.1, 0.15) is 27.9 Å². The average molecular weight is 448 g/mol. The van der Waals surface area contributed by atoms with E-state index in [4.69, 9.17) is 17.0 Å². The Hall–Kier alpha value is -3.29. The summed E-state index contributed by atoms with van der Waals surface area (Å²) in [6, 6.07) is 23.1. The fourth-order valence-electron chi connectivity index (χ4n) is 3.11. The monoisotopic (exact) mass is 447 g/mol. The molecule has 156 valence electrons. The number of thiazole rings is 1. The highest BCUT2D eigenvalue weighted by atomic mass is 32.1. The fraction of sp³-hybridized carbons (Fsp3) is 0.125. The topological polar surface area (TPSA) is 63.2 Å². The molecule has 1 heterocycles. The molecule has 0 saturated carbocycles. The van der Waals surface area contributed by atoms with Crippen molar-refractivity contribution >= 4 is 50.5 Å². The number of para-hydroxylation sites is 1. The molecule has 4 aromatic rings. The van der Waals surface area contributed by atoms with E-state index in [9.17, 15) is 4.79 Å². The van der Waals surface area contributed by atoms with Crippen LogP contribution in [0.2, 0.25) is 0 Å². The lowest BCUT2D eigenvalue weighted by Crippen LogP contribution is -2.34. The van der Waals surface area contributed by atoms with Crippen molar-refractivity contribution in [2.45, 2.75) is 13.3 Å². The number of anilines is 1. The van der Waals surface area contributed by atoms with Gasteiger partial charge in [-0.1, -0.05) is 30.3 Å². The third-order valence-electron chi connectivity index (χ3n) is 4.54. The minimum absolute atomic E-state index is 0.241. The Morgan fingerprint density at radius 2 is 1.87 bits per heavy atom. The number of carbonyl (C=O) groups is 1. The first-order chi connectivity index (χ1) is 15.1. The molecule has 0 unspecified atom stereocenters. The highest BCUT2D eigenvalue weighted by Gasteiger charge is 2.10. The number of fused-ring (bicyclic) bond motifs is 1. The molecule has 0 bridgehead atoms. The molecular weight excluding hydrogens is 426 g/mol. The van der Waals surface area contributed by atoms with Crippen LogP contribution >= 0.6 is 23.6 Å². The van der Waals surface area contributed by atoms with Crippen LogP contribution in [0.4, 0.5) is 5.69 Å². The summed E-state index contributed by atoms with van der Waals surface area (Å²) in [5, 5.41) is 7.07. The standard InChI is InChI=1S/C24H21N3O2S2/c1-2-29-19-7-5-6-17(15-19)23(28)27-24(30)25-18-12-10-16(11-13-18)14-22-26-20-8-3-4-9-21(20)31-22/h3-13,15H,2,14H2,1H3,(H2,25,27,28,30). The maximum absolute atomic E-state index is 12.4. The number of carbonyl (C=O) groups excluding carboxylic acids is 1. The van der Waals surface area contributed by atoms with Crippen molar-refractivity contribution in [2.75, 3.05) is 11.9 Å². The molecule has 0 aliphatic heterocycles. The van der Waals surface area contributed by atoms with Crippen LogP contribution in [0.25, 0.3) is 10.2 Å². The van der Waals surface area contributed by atoms with E-state index in [0.29, 0.717) is 17.9 Å². The Bertz CT molecular complexity index is 1190. The molecule has 0 radical (unpaired) electrons. The van der Waals surface area contributed by atoms with Crippen LogP contribution < -0.4 is 15.4 Å². The molecule has 0 aliphatic rings. The van der Waals surface area contributed by atoms with E-state index < -0.39 is 0 Å². The lowest BCUT2D eigenvalue weighted by Gasteiger charge is -2.11. The van der Waals surface area contributed by atoms with Crippen molar-refractivity contribution in [1.29, 1.82) is 0 Å². The summed E-state index contributed by atoms with van der Waals surface area (Å²) >= 11 is 7.00. The molecule has 1 amide bonds. The Morgan fingerprint density at radius 1 is 1.06 bits per heavy atom. The molecule has 1 aromatic heterocycles. The van der Waals surface area contributed by atoms with E-state index in [1.807, 2.05) is 55.5 Å². The van der Waals surface area contributed by atoms with Crippen LogP contribution in [0.15, 0.2) is 72.8 Å². The minimum atomic E-state index is -0.286. The number of rotatable bonds is 6. The molecule has 5 nitrogen and oxygen atoms in total. The zero-order valence-corrected chi connectivity index (χ0v) is 18.6. The van der Waals surface area contributed by atoms with Crippen molar-refractivity contribution in [3.8, 4) is 5.75 Å². The first-order valence-corrected chi connectivity index (χ1v) is 11.1. The third kappa shape index (κ3) is 5.45. The van der Waals surface area contributed by atoms with Gasteiger partial charge in [-0.3, -0.25) is 10.1 Å². The molecule has 0 saturated heterocycles. The van der Waals surface area contributed by atoms with Crippen LogP contribution in [-0.2, 0) is 6.42 Å². The van der Waals surface area contributed by atoms with Gasteiger partial charge in [-0.25, -0.2) is 4.98 Å². The van der Waals surface area contributed by atoms with Gasteiger partial charge in [0, 0.05) is 17.7 Å². The van der Waals surface area contributed by atoms with Gasteiger partial charge in [0.2, 0.25) is 0 Å². The molecule has 31 heavy (non-hydrogen) atoms. The number of hydrogen-bond donors (Lipinski definition) is 2. The van der Waals surface area contributed by atoms with Crippen LogP contribution in [-0.4, -0.2) is 22.6 Å². The minimum Gasteiger partial charge on any atom is -0.494 e. The summed E-state index contributed by atoms with van der Waals surface area (Å²) in [5.41, 5.74) is 3.49. The highest BCUT2D eigenvalue weighted by molar-refractivity contribution is 7.80. The Morgan fingerprint density at radius 3 is 2.65 bits per heavy atom. The SMILES string of the molecule is CCOc1cccc(C(=O)NC(=S)Nc2ccc(Cc3nc4ccccc4s3)cc2)c1. The van der Waals surface area contributed by atoms with Gasteiger partial charge in [0.15, 0.2) is 5.11 Å². The Kier molecular flexibility index (Phi) is 6.54. The lowest BCUT2D eigenvalue weighted by atomic mass is 10.1. The van der Waals surface area contributed by atoms with Crippen molar-refractivity contribution in [2.24, 2.45) is 0 Å². The normalized spacial score (nSPS) is 10.6. The third-order valence-corrected chi connectivity index (χ3v) is 5.78. The zero-order valence-electron chi connectivity index (χ0n) is 16.9. The zero-order chi connectivity index (χ0) is 21.6. The lowest BCUT2D eigenvalue weighted by molar-refractivity contribution is 0.0977. The maximum Gasteiger partial charge on any atom is 0.257 e. The number of ether oxygens (including phenoxy) is 1. The molecule has 0 fully saturated rings. The second kappa shape index (κ2) is 9.68. The summed E-state index contributed by atoms with van der Waals surface area (Å²) < 4.78 is 6.63. The average Bonchev–Trinajstić information content (AvgIpc) is 3.18. The Balaban J connectivity index is 1.34. The van der Waals surface area contributed by atoms with E-state index >= 15 is 0 Å². The fourth-order valence-corrected chi connectivity index (χ4v) is 4.32. The number of hydrogen-bond acceptors (Lipinski definition) is 5. The quantitative estimate of drug-likeness (QED) is 0.387. The van der Waals surface area contributed by atoms with E-state index in [1.165, 1.54) is 4.70 Å². The van der Waals surface area contributed by atoms with Crippen LogP contribution in [0.3, 0.4) is 0 Å². The smallest absolute Gasteiger partial charge is 0.257 e. The predicted octanol–water partition coefficient (Wildman–Crippen LogP) is 5.41. The molecule has 4 rings (SSSR count). The van der Waals surface area contributed by atoms with Gasteiger partial charge in [0.25, 0.3) is 5.91 Å². The molecule has 0 atom stereocenters. The molecular formula is C24H21N3O2S2. The first-order valence-electron chi connectivity index (χ1n) is 9.89.